The first-order valence-electron chi connectivity index (χ1n) is 10.1. The molecule has 12 heteroatoms. The average Bonchev–Trinajstić information content (AvgIpc) is 3.29. The van der Waals surface area contributed by atoms with Gasteiger partial charge in [-0.05, 0) is 23.4 Å². The van der Waals surface area contributed by atoms with Crippen LogP contribution in [0.4, 0.5) is 24.7 Å². The second kappa shape index (κ2) is 8.19. The van der Waals surface area contributed by atoms with Crippen molar-refractivity contribution in [2.75, 3.05) is 36.5 Å². The van der Waals surface area contributed by atoms with E-state index in [4.69, 9.17) is 4.74 Å². The molecule has 0 radical (unpaired) electrons. The number of tetrazole rings is 1. The fraction of sp³-hybridized carbons (Fsp3) is 0.350. The van der Waals surface area contributed by atoms with Crippen molar-refractivity contribution in [3.8, 4) is 0 Å². The lowest BCUT2D eigenvalue weighted by Crippen LogP contribution is -2.36. The number of rotatable bonds is 5. The molecule has 1 atom stereocenters. The Kier molecular flexibility index (Phi) is 5.21. The number of pyridine rings is 1. The van der Waals surface area contributed by atoms with Crippen molar-refractivity contribution >= 4 is 28.2 Å². The Labute approximate surface area is 180 Å². The van der Waals surface area contributed by atoms with Gasteiger partial charge in [-0.2, -0.15) is 4.52 Å². The number of morpholine rings is 1. The second-order valence-electron chi connectivity index (χ2n) is 7.42. The summed E-state index contributed by atoms with van der Waals surface area (Å²) in [5.74, 6) is -0.519. The minimum absolute atomic E-state index is 0.117. The second-order valence-corrected chi connectivity index (χ2v) is 7.42. The van der Waals surface area contributed by atoms with Crippen LogP contribution in [0.25, 0.3) is 16.7 Å². The molecule has 4 heterocycles. The molecule has 5 rings (SSSR count). The Balaban J connectivity index is 1.58. The Morgan fingerprint density at radius 3 is 2.66 bits per heavy atom. The minimum Gasteiger partial charge on any atom is -0.378 e. The summed E-state index contributed by atoms with van der Waals surface area (Å²) >= 11 is 0. The van der Waals surface area contributed by atoms with E-state index in [9.17, 15) is 13.2 Å². The highest BCUT2D eigenvalue weighted by Crippen LogP contribution is 2.32. The van der Waals surface area contributed by atoms with Gasteiger partial charge in [0.15, 0.2) is 5.65 Å². The highest BCUT2D eigenvalue weighted by molar-refractivity contribution is 5.93. The maximum atomic E-state index is 14.7. The molecule has 32 heavy (non-hydrogen) atoms. The van der Waals surface area contributed by atoms with Crippen molar-refractivity contribution in [2.24, 2.45) is 0 Å². The summed E-state index contributed by atoms with van der Waals surface area (Å²) in [7, 11) is 0. The molecule has 4 aromatic rings. The smallest absolute Gasteiger partial charge is 0.266 e. The molecule has 0 amide bonds. The van der Waals surface area contributed by atoms with Gasteiger partial charge in [0.1, 0.15) is 18.0 Å². The zero-order valence-electron chi connectivity index (χ0n) is 17.0. The number of hydrogen-bond donors (Lipinski definition) is 1. The highest BCUT2D eigenvalue weighted by atomic mass is 19.3. The van der Waals surface area contributed by atoms with Crippen LogP contribution < -0.4 is 10.2 Å². The Morgan fingerprint density at radius 1 is 1.09 bits per heavy atom. The standard InChI is InChI=1S/C20H19F3N8O/c1-11(12-3-2-4-13(16(12)21)17(22)23)26-18-14-9-15(30-5-7-32-8-6-30)20-27-28-29-31(20)19(14)25-10-24-18/h2-4,9-11,17H,5-8H2,1H3,(H,24,25,26)/t11-/m1/s1. The number of anilines is 2. The van der Waals surface area contributed by atoms with Crippen molar-refractivity contribution in [3.05, 3.63) is 47.5 Å². The lowest BCUT2D eigenvalue weighted by Gasteiger charge is -2.29. The summed E-state index contributed by atoms with van der Waals surface area (Å²) in [6.45, 7) is 4.19. The molecular formula is C20H19F3N8O. The first kappa shape index (κ1) is 20.4. The molecule has 9 nitrogen and oxygen atoms in total. The first-order valence-corrected chi connectivity index (χ1v) is 10.1. The zero-order valence-corrected chi connectivity index (χ0v) is 17.0. The number of ether oxygens (including phenoxy) is 1. The number of benzene rings is 1. The summed E-state index contributed by atoms with van der Waals surface area (Å²) in [6, 6.07) is 5.22. The van der Waals surface area contributed by atoms with E-state index < -0.39 is 23.8 Å². The van der Waals surface area contributed by atoms with Crippen molar-refractivity contribution in [1.82, 2.24) is 30.0 Å². The van der Waals surface area contributed by atoms with Crippen LogP contribution in [-0.2, 0) is 4.74 Å². The molecule has 166 valence electrons. The lowest BCUT2D eigenvalue weighted by atomic mass is 10.0. The average molecular weight is 444 g/mol. The third-order valence-corrected chi connectivity index (χ3v) is 5.51. The normalized spacial score (nSPS) is 15.6. The molecule has 1 aliphatic rings. The predicted molar refractivity (Wildman–Crippen MR) is 110 cm³/mol. The first-order chi connectivity index (χ1) is 15.5. The number of hydrogen-bond acceptors (Lipinski definition) is 8. The van der Waals surface area contributed by atoms with Crippen LogP contribution in [0.2, 0.25) is 0 Å². The van der Waals surface area contributed by atoms with Gasteiger partial charge in [0.05, 0.1) is 35.9 Å². The summed E-state index contributed by atoms with van der Waals surface area (Å²) < 4.78 is 47.9. The molecule has 0 aliphatic carbocycles. The van der Waals surface area contributed by atoms with Crippen molar-refractivity contribution in [2.45, 2.75) is 19.4 Å². The van der Waals surface area contributed by atoms with Crippen LogP contribution in [0.5, 0.6) is 0 Å². The van der Waals surface area contributed by atoms with Gasteiger partial charge in [-0.25, -0.2) is 23.1 Å². The van der Waals surface area contributed by atoms with E-state index in [1.807, 2.05) is 6.07 Å². The molecule has 3 aromatic heterocycles. The zero-order chi connectivity index (χ0) is 22.2. The summed E-state index contributed by atoms with van der Waals surface area (Å²) in [5.41, 5.74) is 1.30. The molecule has 1 saturated heterocycles. The van der Waals surface area contributed by atoms with Crippen LogP contribution in [-0.4, -0.2) is 56.3 Å². The quantitative estimate of drug-likeness (QED) is 0.502. The summed E-state index contributed by atoms with van der Waals surface area (Å²) in [6.07, 6.45) is -1.55. The molecule has 1 N–H and O–H groups in total. The molecule has 0 unspecified atom stereocenters. The van der Waals surface area contributed by atoms with E-state index in [1.165, 1.54) is 23.0 Å². The van der Waals surface area contributed by atoms with Crippen LogP contribution in [0.15, 0.2) is 30.6 Å². The molecule has 0 saturated carbocycles. The maximum Gasteiger partial charge on any atom is 0.266 e. The van der Waals surface area contributed by atoms with Gasteiger partial charge in [0.25, 0.3) is 6.43 Å². The number of halogens is 3. The maximum absolute atomic E-state index is 14.7. The summed E-state index contributed by atoms with van der Waals surface area (Å²) in [5, 5.41) is 15.7. The highest BCUT2D eigenvalue weighted by Gasteiger charge is 2.23. The summed E-state index contributed by atoms with van der Waals surface area (Å²) in [4.78, 5) is 10.7. The van der Waals surface area contributed by atoms with E-state index >= 15 is 0 Å². The Morgan fingerprint density at radius 2 is 1.88 bits per heavy atom. The molecule has 0 spiro atoms. The molecule has 0 bridgehead atoms. The lowest BCUT2D eigenvalue weighted by molar-refractivity contribution is 0.123. The van der Waals surface area contributed by atoms with Gasteiger partial charge in [0, 0.05) is 18.7 Å². The Bertz CT molecular complexity index is 1270. The largest absolute Gasteiger partial charge is 0.378 e. The third-order valence-electron chi connectivity index (χ3n) is 5.51. The number of alkyl halides is 2. The Hall–Kier alpha value is -3.54. The number of fused-ring (bicyclic) bond motifs is 3. The van der Waals surface area contributed by atoms with E-state index in [2.05, 4.69) is 35.7 Å². The van der Waals surface area contributed by atoms with Gasteiger partial charge in [-0.15, -0.1) is 5.10 Å². The number of aromatic nitrogens is 6. The van der Waals surface area contributed by atoms with E-state index in [1.54, 1.807) is 6.92 Å². The van der Waals surface area contributed by atoms with Gasteiger partial charge in [0.2, 0.25) is 5.65 Å². The topological polar surface area (TPSA) is 93.4 Å². The molecule has 1 aliphatic heterocycles. The van der Waals surface area contributed by atoms with Gasteiger partial charge in [-0.3, -0.25) is 0 Å². The van der Waals surface area contributed by atoms with Crippen LogP contribution in [0.1, 0.15) is 30.5 Å². The van der Waals surface area contributed by atoms with Gasteiger partial charge >= 0.3 is 0 Å². The fourth-order valence-electron chi connectivity index (χ4n) is 3.88. The monoisotopic (exact) mass is 444 g/mol. The van der Waals surface area contributed by atoms with E-state index in [0.717, 1.165) is 11.8 Å². The van der Waals surface area contributed by atoms with Crippen LogP contribution >= 0.6 is 0 Å². The van der Waals surface area contributed by atoms with Gasteiger partial charge < -0.3 is 15.0 Å². The van der Waals surface area contributed by atoms with E-state index in [-0.39, 0.29) is 5.56 Å². The minimum atomic E-state index is -2.90. The predicted octanol–water partition coefficient (Wildman–Crippen LogP) is 3.15. The van der Waals surface area contributed by atoms with Crippen LogP contribution in [0, 0.1) is 5.82 Å². The van der Waals surface area contributed by atoms with Gasteiger partial charge in [-0.1, -0.05) is 18.2 Å². The van der Waals surface area contributed by atoms with E-state index in [0.29, 0.717) is 48.8 Å². The van der Waals surface area contributed by atoms with Crippen molar-refractivity contribution < 1.29 is 17.9 Å². The van der Waals surface area contributed by atoms with Crippen molar-refractivity contribution in [3.63, 3.8) is 0 Å². The molecule has 1 aromatic carbocycles. The fourth-order valence-corrected chi connectivity index (χ4v) is 3.88. The number of nitrogens with one attached hydrogen (secondary N) is 1. The SMILES string of the molecule is C[C@@H](Nc1ncnc2c1cc(N1CCOCC1)c1nnnn12)c1cccc(C(F)F)c1F. The molecular weight excluding hydrogens is 425 g/mol. The third kappa shape index (κ3) is 3.45. The molecule has 1 fully saturated rings. The van der Waals surface area contributed by atoms with Crippen LogP contribution in [0.3, 0.4) is 0 Å². The number of nitrogens with zero attached hydrogens (tertiary/aromatic N) is 7. The van der Waals surface area contributed by atoms with Crippen molar-refractivity contribution in [1.29, 1.82) is 0 Å².